The van der Waals surface area contributed by atoms with Crippen LogP contribution in [0.25, 0.3) is 16.9 Å². The summed E-state index contributed by atoms with van der Waals surface area (Å²) < 4.78 is 7.09. The molecule has 0 aliphatic heterocycles. The van der Waals surface area contributed by atoms with Gasteiger partial charge < -0.3 is 4.74 Å². The summed E-state index contributed by atoms with van der Waals surface area (Å²) in [5, 5.41) is 8.57. The molecule has 18 heavy (non-hydrogen) atoms. The summed E-state index contributed by atoms with van der Waals surface area (Å²) in [5.74, 6) is 0.850. The van der Waals surface area contributed by atoms with E-state index < -0.39 is 0 Å². The quantitative estimate of drug-likeness (QED) is 0.715. The zero-order chi connectivity index (χ0) is 12.4. The van der Waals surface area contributed by atoms with Crippen molar-refractivity contribution in [3.05, 3.63) is 53.4 Å². The molecule has 0 N–H and O–H groups in total. The van der Waals surface area contributed by atoms with Crippen molar-refractivity contribution in [3.8, 4) is 22.7 Å². The lowest BCUT2D eigenvalue weighted by atomic mass is 10.2. The van der Waals surface area contributed by atoms with Gasteiger partial charge in [-0.1, -0.05) is 0 Å². The number of benzene rings is 1. The van der Waals surface area contributed by atoms with E-state index in [1.54, 1.807) is 18.4 Å². The van der Waals surface area contributed by atoms with E-state index in [0.717, 1.165) is 17.1 Å². The normalized spacial score (nSPS) is 10.5. The number of thiophene rings is 1. The molecule has 0 radical (unpaired) electrons. The van der Waals surface area contributed by atoms with E-state index >= 15 is 0 Å². The molecule has 0 fully saturated rings. The second kappa shape index (κ2) is 4.66. The molecule has 3 aromatic rings. The third kappa shape index (κ3) is 1.91. The molecule has 3 nitrogen and oxygen atoms in total. The van der Waals surface area contributed by atoms with Gasteiger partial charge in [0.15, 0.2) is 0 Å². The Morgan fingerprint density at radius 3 is 2.61 bits per heavy atom. The predicted molar refractivity (Wildman–Crippen MR) is 73.4 cm³/mol. The molecule has 0 amide bonds. The van der Waals surface area contributed by atoms with Crippen molar-refractivity contribution >= 4 is 11.3 Å². The molecule has 90 valence electrons. The maximum Gasteiger partial charge on any atom is 0.119 e. The molecular formula is C14H12N2OS. The second-order valence-corrected chi connectivity index (χ2v) is 4.62. The number of rotatable bonds is 3. The predicted octanol–water partition coefficient (Wildman–Crippen LogP) is 3.61. The first kappa shape index (κ1) is 11.0. The fraction of sp³-hybridized carbons (Fsp3) is 0.0714. The van der Waals surface area contributed by atoms with Crippen LogP contribution in [0.3, 0.4) is 0 Å². The summed E-state index contributed by atoms with van der Waals surface area (Å²) in [6.07, 6.45) is 1.82. The maximum absolute atomic E-state index is 5.16. The van der Waals surface area contributed by atoms with Gasteiger partial charge in [-0.25, -0.2) is 4.68 Å². The van der Waals surface area contributed by atoms with Crippen LogP contribution in [0.5, 0.6) is 5.75 Å². The highest BCUT2D eigenvalue weighted by atomic mass is 32.1. The van der Waals surface area contributed by atoms with Crippen molar-refractivity contribution in [1.29, 1.82) is 0 Å². The van der Waals surface area contributed by atoms with Crippen LogP contribution >= 0.6 is 11.3 Å². The number of ether oxygens (including phenoxy) is 1. The minimum absolute atomic E-state index is 0.850. The summed E-state index contributed by atoms with van der Waals surface area (Å²) in [5.41, 5.74) is 3.32. The first-order valence-electron chi connectivity index (χ1n) is 5.59. The number of hydrogen-bond acceptors (Lipinski definition) is 3. The number of methoxy groups -OCH3 is 1. The highest BCUT2D eigenvalue weighted by Crippen LogP contribution is 2.25. The van der Waals surface area contributed by atoms with Crippen LogP contribution in [0.2, 0.25) is 0 Å². The van der Waals surface area contributed by atoms with Crippen LogP contribution in [0.1, 0.15) is 0 Å². The van der Waals surface area contributed by atoms with E-state index in [-0.39, 0.29) is 0 Å². The first-order valence-corrected chi connectivity index (χ1v) is 6.54. The Morgan fingerprint density at radius 1 is 1.11 bits per heavy atom. The average Bonchev–Trinajstić information content (AvgIpc) is 3.09. The Hall–Kier alpha value is -2.07. The summed E-state index contributed by atoms with van der Waals surface area (Å²) in [4.78, 5) is 0. The van der Waals surface area contributed by atoms with Gasteiger partial charge in [-0.2, -0.15) is 16.4 Å². The summed E-state index contributed by atoms with van der Waals surface area (Å²) >= 11 is 1.69. The lowest BCUT2D eigenvalue weighted by Crippen LogP contribution is -1.98. The molecule has 4 heteroatoms. The Labute approximate surface area is 109 Å². The molecule has 0 aliphatic rings. The lowest BCUT2D eigenvalue weighted by molar-refractivity contribution is 0.414. The Balaban J connectivity index is 2.04. The minimum atomic E-state index is 0.850. The summed E-state index contributed by atoms with van der Waals surface area (Å²) in [7, 11) is 1.67. The number of nitrogens with zero attached hydrogens (tertiary/aromatic N) is 2. The van der Waals surface area contributed by atoms with E-state index in [1.165, 1.54) is 5.56 Å². The highest BCUT2D eigenvalue weighted by molar-refractivity contribution is 7.08. The van der Waals surface area contributed by atoms with Crippen LogP contribution < -0.4 is 4.74 Å². The van der Waals surface area contributed by atoms with Gasteiger partial charge >= 0.3 is 0 Å². The molecule has 0 unspecified atom stereocenters. The van der Waals surface area contributed by atoms with Gasteiger partial charge in [-0.3, -0.25) is 0 Å². The van der Waals surface area contributed by atoms with Crippen LogP contribution in [0.4, 0.5) is 0 Å². The maximum atomic E-state index is 5.16. The van der Waals surface area contributed by atoms with Crippen molar-refractivity contribution in [2.45, 2.75) is 0 Å². The SMILES string of the molecule is COc1ccc(-n2nccc2-c2ccsc2)cc1. The molecule has 2 heterocycles. The fourth-order valence-corrected chi connectivity index (χ4v) is 2.51. The molecule has 0 bridgehead atoms. The molecule has 0 atom stereocenters. The molecule has 0 aliphatic carbocycles. The third-order valence-corrected chi connectivity index (χ3v) is 3.46. The lowest BCUT2D eigenvalue weighted by Gasteiger charge is -2.07. The van der Waals surface area contributed by atoms with E-state index in [2.05, 4.69) is 21.9 Å². The van der Waals surface area contributed by atoms with Gasteiger partial charge in [-0.15, -0.1) is 0 Å². The largest absolute Gasteiger partial charge is 0.497 e. The third-order valence-electron chi connectivity index (χ3n) is 2.78. The van der Waals surface area contributed by atoms with E-state index in [0.29, 0.717) is 0 Å². The second-order valence-electron chi connectivity index (χ2n) is 3.84. The van der Waals surface area contributed by atoms with Crippen LogP contribution in [-0.2, 0) is 0 Å². The van der Waals surface area contributed by atoms with Crippen molar-refractivity contribution < 1.29 is 4.74 Å². The topological polar surface area (TPSA) is 27.1 Å². The van der Waals surface area contributed by atoms with E-state index in [4.69, 9.17) is 4.74 Å². The monoisotopic (exact) mass is 256 g/mol. The van der Waals surface area contributed by atoms with Crippen LogP contribution in [-0.4, -0.2) is 16.9 Å². The van der Waals surface area contributed by atoms with Crippen LogP contribution in [0, 0.1) is 0 Å². The number of aromatic nitrogens is 2. The van der Waals surface area contributed by atoms with Gasteiger partial charge in [-0.05, 0) is 41.8 Å². The zero-order valence-corrected chi connectivity index (χ0v) is 10.7. The summed E-state index contributed by atoms with van der Waals surface area (Å²) in [6, 6.07) is 12.0. The van der Waals surface area contributed by atoms with Crippen molar-refractivity contribution in [2.24, 2.45) is 0 Å². The minimum Gasteiger partial charge on any atom is -0.497 e. The standard InChI is InChI=1S/C14H12N2OS/c1-17-13-4-2-12(3-5-13)16-14(6-8-15-16)11-7-9-18-10-11/h2-10H,1H3. The van der Waals surface area contributed by atoms with Gasteiger partial charge in [0, 0.05) is 10.9 Å². The molecule has 3 rings (SSSR count). The molecular weight excluding hydrogens is 244 g/mol. The van der Waals surface area contributed by atoms with E-state index in [1.807, 2.05) is 41.2 Å². The molecule has 0 saturated heterocycles. The zero-order valence-electron chi connectivity index (χ0n) is 9.91. The van der Waals surface area contributed by atoms with Crippen molar-refractivity contribution in [3.63, 3.8) is 0 Å². The van der Waals surface area contributed by atoms with Crippen molar-refractivity contribution in [2.75, 3.05) is 7.11 Å². The number of hydrogen-bond donors (Lipinski definition) is 0. The van der Waals surface area contributed by atoms with Crippen LogP contribution in [0.15, 0.2) is 53.4 Å². The van der Waals surface area contributed by atoms with Crippen molar-refractivity contribution in [1.82, 2.24) is 9.78 Å². The van der Waals surface area contributed by atoms with E-state index in [9.17, 15) is 0 Å². The Morgan fingerprint density at radius 2 is 1.94 bits per heavy atom. The Bertz CT molecular complexity index is 626. The highest BCUT2D eigenvalue weighted by Gasteiger charge is 2.07. The first-order chi connectivity index (χ1) is 8.88. The van der Waals surface area contributed by atoms with Gasteiger partial charge in [0.05, 0.1) is 24.7 Å². The smallest absolute Gasteiger partial charge is 0.119 e. The molecule has 2 aromatic heterocycles. The summed E-state index contributed by atoms with van der Waals surface area (Å²) in [6.45, 7) is 0. The van der Waals surface area contributed by atoms with Gasteiger partial charge in [0.2, 0.25) is 0 Å². The molecule has 1 aromatic carbocycles. The fourth-order valence-electron chi connectivity index (χ4n) is 1.86. The molecule has 0 saturated carbocycles. The average molecular weight is 256 g/mol. The van der Waals surface area contributed by atoms with Gasteiger partial charge in [0.25, 0.3) is 0 Å². The van der Waals surface area contributed by atoms with Gasteiger partial charge in [0.1, 0.15) is 5.75 Å². The molecule has 0 spiro atoms. The Kier molecular flexibility index (Phi) is 2.86.